The molecule has 0 bridgehead atoms. The molecular weight excluding hydrogens is 314 g/mol. The summed E-state index contributed by atoms with van der Waals surface area (Å²) in [4.78, 5) is 6.89. The van der Waals surface area contributed by atoms with Crippen molar-refractivity contribution in [2.75, 3.05) is 18.0 Å². The van der Waals surface area contributed by atoms with E-state index in [0.29, 0.717) is 18.7 Å². The van der Waals surface area contributed by atoms with Gasteiger partial charge in [0.15, 0.2) is 0 Å². The number of aliphatic hydroxyl groups excluding tert-OH is 1. The van der Waals surface area contributed by atoms with Crippen molar-refractivity contribution >= 4 is 5.82 Å². The van der Waals surface area contributed by atoms with Crippen LogP contribution < -0.4 is 4.90 Å². The van der Waals surface area contributed by atoms with Crippen LogP contribution in [0.5, 0.6) is 0 Å². The van der Waals surface area contributed by atoms with Crippen LogP contribution in [-0.2, 0) is 19.3 Å². The van der Waals surface area contributed by atoms with Crippen LogP contribution in [-0.4, -0.2) is 39.5 Å². The Balaban J connectivity index is 1.57. The maximum absolute atomic E-state index is 10.5. The second-order valence-electron chi connectivity index (χ2n) is 7.26. The van der Waals surface area contributed by atoms with Gasteiger partial charge in [0.2, 0.25) is 0 Å². The molecule has 6 heteroatoms. The first-order valence-corrected chi connectivity index (χ1v) is 9.01. The number of aryl methyl sites for hydroxylation is 3. The number of nitrogens with one attached hydrogen (secondary N) is 1. The van der Waals surface area contributed by atoms with E-state index in [2.05, 4.69) is 21.2 Å². The molecule has 0 amide bonds. The Labute approximate surface area is 147 Å². The molecular formula is C19H23N5O. The molecule has 25 heavy (non-hydrogen) atoms. The van der Waals surface area contributed by atoms with Crippen LogP contribution in [0.3, 0.4) is 0 Å². The lowest BCUT2D eigenvalue weighted by Gasteiger charge is -2.22. The van der Waals surface area contributed by atoms with E-state index in [1.807, 2.05) is 19.1 Å². The molecule has 0 unspecified atom stereocenters. The third kappa shape index (κ3) is 3.12. The topological polar surface area (TPSA) is 88.8 Å². The highest BCUT2D eigenvalue weighted by atomic mass is 16.3. The van der Waals surface area contributed by atoms with Crippen LogP contribution in [0.4, 0.5) is 5.82 Å². The predicted molar refractivity (Wildman–Crippen MR) is 94.3 cm³/mol. The second kappa shape index (κ2) is 6.49. The number of aromatic amines is 1. The van der Waals surface area contributed by atoms with Crippen molar-refractivity contribution in [2.24, 2.45) is 5.92 Å². The van der Waals surface area contributed by atoms with Crippen LogP contribution in [0.1, 0.15) is 41.1 Å². The van der Waals surface area contributed by atoms with Crippen molar-refractivity contribution < 1.29 is 5.11 Å². The fourth-order valence-electron chi connectivity index (χ4n) is 4.02. The van der Waals surface area contributed by atoms with Gasteiger partial charge < -0.3 is 10.0 Å². The number of β-amino-alcohol motifs (C(OH)–C–C–N with tert-alkyl or cyclic N) is 1. The van der Waals surface area contributed by atoms with Gasteiger partial charge in [0.25, 0.3) is 0 Å². The lowest BCUT2D eigenvalue weighted by Crippen LogP contribution is -2.24. The second-order valence-corrected chi connectivity index (χ2v) is 7.26. The van der Waals surface area contributed by atoms with Gasteiger partial charge in [0, 0.05) is 30.4 Å². The molecule has 0 aromatic carbocycles. The number of aliphatic hydroxyl groups is 1. The molecule has 6 nitrogen and oxygen atoms in total. The number of anilines is 1. The third-order valence-electron chi connectivity index (χ3n) is 5.34. The van der Waals surface area contributed by atoms with Gasteiger partial charge in [-0.1, -0.05) is 0 Å². The van der Waals surface area contributed by atoms with E-state index >= 15 is 0 Å². The molecule has 0 spiro atoms. The van der Waals surface area contributed by atoms with Crippen LogP contribution in [0.2, 0.25) is 0 Å². The van der Waals surface area contributed by atoms with E-state index in [1.165, 1.54) is 12.0 Å². The number of nitrogens with zero attached hydrogens (tertiary/aromatic N) is 4. The maximum atomic E-state index is 10.5. The van der Waals surface area contributed by atoms with Gasteiger partial charge in [-0.15, -0.1) is 0 Å². The van der Waals surface area contributed by atoms with E-state index in [4.69, 9.17) is 4.98 Å². The van der Waals surface area contributed by atoms with Crippen molar-refractivity contribution in [3.8, 4) is 6.07 Å². The summed E-state index contributed by atoms with van der Waals surface area (Å²) in [6.07, 6.45) is 4.64. The van der Waals surface area contributed by atoms with Crippen LogP contribution in [0.25, 0.3) is 0 Å². The molecule has 1 saturated heterocycles. The van der Waals surface area contributed by atoms with Crippen molar-refractivity contribution in [3.63, 3.8) is 0 Å². The lowest BCUT2D eigenvalue weighted by atomic mass is 9.95. The lowest BCUT2D eigenvalue weighted by molar-refractivity contribution is 0.148. The van der Waals surface area contributed by atoms with Gasteiger partial charge in [-0.3, -0.25) is 5.10 Å². The molecule has 1 aliphatic carbocycles. The number of rotatable bonds is 3. The van der Waals surface area contributed by atoms with E-state index in [1.54, 1.807) is 0 Å². The zero-order valence-electron chi connectivity index (χ0n) is 14.5. The first kappa shape index (κ1) is 16.1. The zero-order chi connectivity index (χ0) is 17.4. The molecule has 2 aromatic rings. The molecule has 3 heterocycles. The van der Waals surface area contributed by atoms with E-state index in [0.717, 1.165) is 48.6 Å². The number of nitriles is 1. The van der Waals surface area contributed by atoms with Crippen molar-refractivity contribution in [1.82, 2.24) is 15.2 Å². The number of hydrogen-bond acceptors (Lipinski definition) is 5. The largest absolute Gasteiger partial charge is 0.391 e. The summed E-state index contributed by atoms with van der Waals surface area (Å²) >= 11 is 0. The molecule has 2 atom stereocenters. The maximum Gasteiger partial charge on any atom is 0.146 e. The van der Waals surface area contributed by atoms with Crippen LogP contribution in [0, 0.1) is 24.2 Å². The van der Waals surface area contributed by atoms with Gasteiger partial charge in [0.05, 0.1) is 17.4 Å². The minimum atomic E-state index is -0.429. The highest BCUT2D eigenvalue weighted by Crippen LogP contribution is 2.31. The van der Waals surface area contributed by atoms with Crippen molar-refractivity contribution in [3.05, 3.63) is 40.3 Å². The fourth-order valence-corrected chi connectivity index (χ4v) is 4.02. The number of aromatic nitrogens is 3. The van der Waals surface area contributed by atoms with Crippen molar-refractivity contribution in [1.29, 1.82) is 5.26 Å². The van der Waals surface area contributed by atoms with Gasteiger partial charge >= 0.3 is 0 Å². The monoisotopic (exact) mass is 337 g/mol. The van der Waals surface area contributed by atoms with Gasteiger partial charge in [-0.2, -0.15) is 10.4 Å². The minimum Gasteiger partial charge on any atom is -0.391 e. The summed E-state index contributed by atoms with van der Waals surface area (Å²) in [5.41, 5.74) is 4.98. The Morgan fingerprint density at radius 2 is 2.16 bits per heavy atom. The summed E-state index contributed by atoms with van der Waals surface area (Å²) in [6.45, 7) is 3.20. The fraction of sp³-hybridized carbons (Fsp3) is 0.526. The third-order valence-corrected chi connectivity index (χ3v) is 5.34. The average Bonchev–Trinajstić information content (AvgIpc) is 3.19. The number of H-pyrrole nitrogens is 1. The van der Waals surface area contributed by atoms with E-state index < -0.39 is 6.10 Å². The first-order valence-electron chi connectivity index (χ1n) is 9.01. The molecule has 0 saturated carbocycles. The summed E-state index contributed by atoms with van der Waals surface area (Å²) in [6, 6.07) is 6.33. The molecule has 1 aliphatic heterocycles. The Morgan fingerprint density at radius 3 is 2.92 bits per heavy atom. The van der Waals surface area contributed by atoms with E-state index in [-0.39, 0.29) is 5.92 Å². The molecule has 2 aromatic heterocycles. The van der Waals surface area contributed by atoms with Gasteiger partial charge in [-0.25, -0.2) is 4.98 Å². The standard InChI is InChI=1S/C19H23N5O/c1-12-6-16(23-22-12)8-15-10-24(11-18(15)25)19-14(9-20)7-13-4-2-3-5-17(13)21-19/h6-7,15,18,25H,2-5,8,10-11H2,1H3,(H,22,23)/t15-,18+/m1/s1. The molecule has 4 rings (SSSR count). The summed E-state index contributed by atoms with van der Waals surface area (Å²) in [5.74, 6) is 0.843. The Kier molecular flexibility index (Phi) is 4.18. The SMILES string of the molecule is Cc1cc(C[C@@H]2CN(c3nc4c(cc3C#N)CCCC4)C[C@@H]2O)n[nH]1. The smallest absolute Gasteiger partial charge is 0.146 e. The summed E-state index contributed by atoms with van der Waals surface area (Å²) < 4.78 is 0. The minimum absolute atomic E-state index is 0.104. The summed E-state index contributed by atoms with van der Waals surface area (Å²) in [5, 5.41) is 27.3. The first-order chi connectivity index (χ1) is 12.1. The quantitative estimate of drug-likeness (QED) is 0.893. The molecule has 2 aliphatic rings. The zero-order valence-corrected chi connectivity index (χ0v) is 14.5. The van der Waals surface area contributed by atoms with Crippen LogP contribution in [0.15, 0.2) is 12.1 Å². The molecule has 1 fully saturated rings. The average molecular weight is 337 g/mol. The van der Waals surface area contributed by atoms with Crippen LogP contribution >= 0.6 is 0 Å². The number of pyridine rings is 1. The number of hydrogen-bond donors (Lipinski definition) is 2. The molecule has 0 radical (unpaired) electrons. The molecule has 2 N–H and O–H groups in total. The Hall–Kier alpha value is -2.39. The Bertz CT molecular complexity index is 822. The predicted octanol–water partition coefficient (Wildman–Crippen LogP) is 1.90. The van der Waals surface area contributed by atoms with E-state index in [9.17, 15) is 10.4 Å². The van der Waals surface area contributed by atoms with Gasteiger partial charge in [0.1, 0.15) is 11.9 Å². The highest BCUT2D eigenvalue weighted by molar-refractivity contribution is 5.57. The van der Waals surface area contributed by atoms with Gasteiger partial charge in [-0.05, 0) is 56.7 Å². The van der Waals surface area contributed by atoms with Crippen molar-refractivity contribution in [2.45, 2.75) is 45.1 Å². The normalized spacial score (nSPS) is 22.7. The number of fused-ring (bicyclic) bond motifs is 1. The highest BCUT2D eigenvalue weighted by Gasteiger charge is 2.34. The Morgan fingerprint density at radius 1 is 1.32 bits per heavy atom. The molecule has 130 valence electrons. The summed E-state index contributed by atoms with van der Waals surface area (Å²) in [7, 11) is 0.